The Balaban J connectivity index is 1.45. The molecule has 0 aromatic heterocycles. The molecule has 0 aliphatic rings. The molecule has 2 unspecified atom stereocenters. The Morgan fingerprint density at radius 1 is 0.579 bits per heavy atom. The molecule has 0 saturated heterocycles. The van der Waals surface area contributed by atoms with Crippen LogP contribution in [0.25, 0.3) is 0 Å². The predicted octanol–water partition coefficient (Wildman–Crippen LogP) is 7.75. The summed E-state index contributed by atoms with van der Waals surface area (Å²) in [5, 5.41) is 17.8. The van der Waals surface area contributed by atoms with E-state index in [0.717, 1.165) is 33.4 Å². The van der Waals surface area contributed by atoms with E-state index in [9.17, 15) is 8.78 Å². The molecule has 0 bridgehead atoms. The van der Waals surface area contributed by atoms with Gasteiger partial charge in [-0.2, -0.15) is 0 Å². The summed E-state index contributed by atoms with van der Waals surface area (Å²) < 4.78 is 27.2. The summed E-state index contributed by atoms with van der Waals surface area (Å²) in [4.78, 5) is 0. The molecule has 2 N–H and O–H groups in total. The zero-order valence-corrected chi connectivity index (χ0v) is 21.7. The quantitative estimate of drug-likeness (QED) is 0.120. The highest BCUT2D eigenvalue weighted by atomic mass is 19.1. The average molecular weight is 502 g/mol. The lowest BCUT2D eigenvalue weighted by Gasteiger charge is -2.21. The summed E-state index contributed by atoms with van der Waals surface area (Å²) in [7, 11) is 3.78. The van der Waals surface area contributed by atoms with E-state index >= 15 is 0 Å². The Morgan fingerprint density at radius 2 is 0.947 bits per heavy atom. The normalized spacial score (nSPS) is 12.4. The lowest BCUT2D eigenvalue weighted by atomic mass is 9.53. The number of benzene rings is 4. The third-order valence-electron chi connectivity index (χ3n) is 6.67. The molecule has 4 rings (SSSR count). The third-order valence-corrected chi connectivity index (χ3v) is 6.67. The molecular formula is C32H30B2F2N2. The van der Waals surface area contributed by atoms with Crippen LogP contribution >= 0.6 is 0 Å². The molecule has 0 aliphatic heterocycles. The van der Waals surface area contributed by atoms with Gasteiger partial charge in [-0.05, 0) is 71.6 Å². The highest BCUT2D eigenvalue weighted by molar-refractivity contribution is 6.80. The molecule has 2 radical (unpaired) electrons. The van der Waals surface area contributed by atoms with Crippen molar-refractivity contribution in [3.8, 4) is 0 Å². The summed E-state index contributed by atoms with van der Waals surface area (Å²) in [6.07, 6.45) is 1.18. The molecule has 6 heteroatoms. The first-order chi connectivity index (χ1) is 18.3. The van der Waals surface area contributed by atoms with Gasteiger partial charge in [-0.25, -0.2) is 8.78 Å². The van der Waals surface area contributed by atoms with Crippen molar-refractivity contribution >= 4 is 25.8 Å². The van der Waals surface area contributed by atoms with E-state index in [2.05, 4.69) is 12.1 Å². The topological polar surface area (TPSA) is 47.7 Å². The maximum absolute atomic E-state index is 13.6. The van der Waals surface area contributed by atoms with Gasteiger partial charge < -0.3 is 10.8 Å². The van der Waals surface area contributed by atoms with Gasteiger partial charge in [-0.3, -0.25) is 0 Å². The van der Waals surface area contributed by atoms with Crippen LogP contribution in [0.15, 0.2) is 97.1 Å². The Kier molecular flexibility index (Phi) is 9.06. The van der Waals surface area contributed by atoms with Crippen molar-refractivity contribution in [1.29, 1.82) is 10.8 Å². The second-order valence-corrected chi connectivity index (χ2v) is 9.69. The fourth-order valence-corrected chi connectivity index (χ4v) is 4.83. The molecule has 0 spiro atoms. The first kappa shape index (κ1) is 27.3. The molecule has 0 heterocycles. The maximum atomic E-state index is 13.6. The number of hydrogen-bond acceptors (Lipinski definition) is 2. The predicted molar refractivity (Wildman–Crippen MR) is 155 cm³/mol. The highest BCUT2D eigenvalue weighted by Crippen LogP contribution is 2.29. The van der Waals surface area contributed by atoms with E-state index in [1.807, 2.05) is 64.8 Å². The van der Waals surface area contributed by atoms with Crippen molar-refractivity contribution in [3.05, 3.63) is 142 Å². The fourth-order valence-electron chi connectivity index (χ4n) is 4.83. The Bertz CT molecular complexity index is 1290. The van der Waals surface area contributed by atoms with E-state index in [4.69, 9.17) is 10.8 Å². The van der Waals surface area contributed by atoms with Gasteiger partial charge in [0, 0.05) is 11.8 Å². The average Bonchev–Trinajstić information content (AvgIpc) is 2.89. The number of hydrogen-bond donors (Lipinski definition) is 2. The van der Waals surface area contributed by atoms with Crippen LogP contribution in [-0.2, 0) is 0 Å². The van der Waals surface area contributed by atoms with Crippen molar-refractivity contribution in [2.24, 2.45) is 0 Å². The lowest BCUT2D eigenvalue weighted by Crippen LogP contribution is -2.22. The van der Waals surface area contributed by atoms with Gasteiger partial charge in [0.15, 0.2) is 14.6 Å². The number of aryl methyl sites for hydroxylation is 2. The molecule has 4 aromatic carbocycles. The first-order valence-corrected chi connectivity index (χ1v) is 12.8. The Hall–Kier alpha value is -3.79. The van der Waals surface area contributed by atoms with Crippen LogP contribution in [0.5, 0.6) is 0 Å². The molecule has 0 aliphatic carbocycles. The molecule has 4 aromatic rings. The Labute approximate surface area is 225 Å². The zero-order chi connectivity index (χ0) is 27.1. The van der Waals surface area contributed by atoms with Crippen LogP contribution in [0.2, 0.25) is 12.6 Å². The number of rotatable bonds is 11. The minimum atomic E-state index is -0.301. The van der Waals surface area contributed by atoms with Gasteiger partial charge in [0.25, 0.3) is 0 Å². The van der Waals surface area contributed by atoms with Gasteiger partial charge in [0.2, 0.25) is 0 Å². The van der Waals surface area contributed by atoms with E-state index in [-0.39, 0.29) is 23.5 Å². The molecule has 2 nitrogen and oxygen atoms in total. The van der Waals surface area contributed by atoms with Gasteiger partial charge in [0.1, 0.15) is 11.6 Å². The first-order valence-electron chi connectivity index (χ1n) is 12.8. The minimum absolute atomic E-state index is 0.297. The van der Waals surface area contributed by atoms with Crippen LogP contribution in [-0.4, -0.2) is 25.8 Å². The highest BCUT2D eigenvalue weighted by Gasteiger charge is 2.22. The summed E-state index contributed by atoms with van der Waals surface area (Å²) in [5.41, 5.74) is 6.80. The molecule has 188 valence electrons. The van der Waals surface area contributed by atoms with Gasteiger partial charge >= 0.3 is 0 Å². The second kappa shape index (κ2) is 12.6. The summed E-state index contributed by atoms with van der Waals surface area (Å²) in [6, 6.07) is 28.8. The van der Waals surface area contributed by atoms with E-state index < -0.39 is 0 Å². The summed E-state index contributed by atoms with van der Waals surface area (Å²) in [6.45, 7) is 4.04. The Morgan fingerprint density at radius 3 is 1.29 bits per heavy atom. The maximum Gasteiger partial charge on any atom is 0.171 e. The summed E-state index contributed by atoms with van der Waals surface area (Å²) >= 11 is 0. The van der Waals surface area contributed by atoms with Gasteiger partial charge in [0.05, 0.1) is 0 Å². The lowest BCUT2D eigenvalue weighted by molar-refractivity contribution is 0.626. The third kappa shape index (κ3) is 6.95. The monoisotopic (exact) mass is 502 g/mol. The standard InChI is InChI=1S/C32H30B2F2N2/c1-21-5-3-7-25(19-21)29(23-9-13-27(35)14-10-23)31(37)33-17-18-34-32(38)30(24-11-15-28(36)16-12-24)26-8-4-6-22(2)20-26/h3-16,19-20,29-30,37-38H,17-18H2,1-2H3. The van der Waals surface area contributed by atoms with Crippen LogP contribution < -0.4 is 0 Å². The number of halogens is 2. The smallest absolute Gasteiger partial charge is 0.171 e. The number of nitrogens with one attached hydrogen (secondary N) is 2. The SMILES string of the molecule is Cc1cccc(C(C(=N)[B]CC[B]C(=N)C(c2ccc(F)cc2)c2cccc(C)c2)c2ccc(F)cc2)c1. The molecular weight excluding hydrogens is 472 g/mol. The molecule has 2 atom stereocenters. The second-order valence-electron chi connectivity index (χ2n) is 9.69. The zero-order valence-electron chi connectivity index (χ0n) is 21.7. The molecule has 38 heavy (non-hydrogen) atoms. The van der Waals surface area contributed by atoms with Crippen LogP contribution in [0.3, 0.4) is 0 Å². The van der Waals surface area contributed by atoms with Crippen LogP contribution in [0, 0.1) is 36.3 Å². The molecule has 0 fully saturated rings. The van der Waals surface area contributed by atoms with Crippen molar-refractivity contribution < 1.29 is 8.78 Å². The van der Waals surface area contributed by atoms with E-state index in [0.29, 0.717) is 23.9 Å². The molecule has 0 saturated carbocycles. The largest absolute Gasteiger partial charge is 0.319 e. The van der Waals surface area contributed by atoms with E-state index in [1.165, 1.54) is 24.3 Å². The van der Waals surface area contributed by atoms with E-state index in [1.54, 1.807) is 24.3 Å². The molecule has 0 amide bonds. The van der Waals surface area contributed by atoms with Gasteiger partial charge in [-0.15, -0.1) is 0 Å². The van der Waals surface area contributed by atoms with Crippen molar-refractivity contribution in [2.75, 3.05) is 0 Å². The van der Waals surface area contributed by atoms with Crippen LogP contribution in [0.1, 0.15) is 45.2 Å². The van der Waals surface area contributed by atoms with Crippen LogP contribution in [0.4, 0.5) is 8.78 Å². The van der Waals surface area contributed by atoms with Gasteiger partial charge in [-0.1, -0.05) is 96.6 Å². The van der Waals surface area contributed by atoms with Crippen molar-refractivity contribution in [3.63, 3.8) is 0 Å². The summed E-state index contributed by atoms with van der Waals surface area (Å²) in [5.74, 6) is -1.20. The fraction of sp³-hybridized carbons (Fsp3) is 0.188. The minimum Gasteiger partial charge on any atom is -0.319 e. The van der Waals surface area contributed by atoms with Crippen molar-refractivity contribution in [2.45, 2.75) is 38.3 Å². The van der Waals surface area contributed by atoms with Crippen molar-refractivity contribution in [1.82, 2.24) is 0 Å².